The van der Waals surface area contributed by atoms with E-state index in [2.05, 4.69) is 29.6 Å². The lowest BCUT2D eigenvalue weighted by Crippen LogP contribution is -2.48. The molecular weight excluding hydrogens is 404 g/mol. The number of hydrogen-bond donors (Lipinski definition) is 1. The largest absolute Gasteiger partial charge is 0.493 e. The fourth-order valence-corrected chi connectivity index (χ4v) is 4.34. The van der Waals surface area contributed by atoms with Crippen LogP contribution in [0.5, 0.6) is 11.5 Å². The summed E-state index contributed by atoms with van der Waals surface area (Å²) in [6, 6.07) is 12.1. The van der Waals surface area contributed by atoms with E-state index in [0.717, 1.165) is 23.4 Å². The smallest absolute Gasteiger partial charge is 0.243 e. The number of hydrogen-bond acceptors (Lipinski definition) is 5. The maximum atomic E-state index is 12.7. The highest BCUT2D eigenvalue weighted by Gasteiger charge is 2.29. The van der Waals surface area contributed by atoms with E-state index in [4.69, 9.17) is 9.47 Å². The van der Waals surface area contributed by atoms with Crippen LogP contribution in [0.25, 0.3) is 0 Å². The fraction of sp³-hybridized carbons (Fsp3) is 0.409. The molecule has 2 rings (SSSR count). The third-order valence-corrected chi connectivity index (χ3v) is 6.01. The number of methoxy groups -OCH3 is 2. The van der Waals surface area contributed by atoms with Crippen molar-refractivity contribution in [2.24, 2.45) is 0 Å². The predicted molar refractivity (Wildman–Crippen MR) is 119 cm³/mol. The molecule has 0 bridgehead atoms. The van der Waals surface area contributed by atoms with Crippen LogP contribution in [0.2, 0.25) is 0 Å². The van der Waals surface area contributed by atoms with Gasteiger partial charge in [-0.2, -0.15) is 0 Å². The zero-order valence-electron chi connectivity index (χ0n) is 18.1. The van der Waals surface area contributed by atoms with Crippen LogP contribution in [0.15, 0.2) is 42.5 Å². The van der Waals surface area contributed by atoms with E-state index in [9.17, 15) is 13.2 Å². The first-order valence-electron chi connectivity index (χ1n) is 9.72. The molecule has 164 valence electrons. The lowest BCUT2D eigenvalue weighted by atomic mass is 10.1. The number of carbonyl (C=O) groups excluding carboxylic acids is 1. The van der Waals surface area contributed by atoms with E-state index in [1.165, 1.54) is 25.3 Å². The van der Waals surface area contributed by atoms with Crippen LogP contribution < -0.4 is 19.1 Å². The third-order valence-electron chi connectivity index (χ3n) is 4.77. The summed E-state index contributed by atoms with van der Waals surface area (Å²) in [6.07, 6.45) is 2.67. The average molecular weight is 435 g/mol. The summed E-state index contributed by atoms with van der Waals surface area (Å²) >= 11 is 0. The van der Waals surface area contributed by atoms with Crippen LogP contribution in [0.4, 0.5) is 5.69 Å². The van der Waals surface area contributed by atoms with E-state index in [1.807, 2.05) is 6.92 Å². The monoisotopic (exact) mass is 434 g/mol. The number of nitrogens with zero attached hydrogens (tertiary/aromatic N) is 1. The number of benzene rings is 2. The van der Waals surface area contributed by atoms with Gasteiger partial charge in [0.05, 0.1) is 26.2 Å². The van der Waals surface area contributed by atoms with E-state index >= 15 is 0 Å². The van der Waals surface area contributed by atoms with Crippen molar-refractivity contribution in [2.45, 2.75) is 32.7 Å². The minimum atomic E-state index is -3.71. The van der Waals surface area contributed by atoms with Gasteiger partial charge in [-0.25, -0.2) is 8.42 Å². The summed E-state index contributed by atoms with van der Waals surface area (Å²) < 4.78 is 36.4. The number of rotatable bonds is 10. The second-order valence-electron chi connectivity index (χ2n) is 7.15. The second kappa shape index (κ2) is 10.3. The predicted octanol–water partition coefficient (Wildman–Crippen LogP) is 2.92. The zero-order valence-corrected chi connectivity index (χ0v) is 19.0. The number of ether oxygens (including phenoxy) is 2. The van der Waals surface area contributed by atoms with Gasteiger partial charge < -0.3 is 14.8 Å². The lowest BCUT2D eigenvalue weighted by molar-refractivity contribution is -0.121. The number of carbonyl (C=O) groups is 1. The van der Waals surface area contributed by atoms with Crippen molar-refractivity contribution in [3.63, 3.8) is 0 Å². The SMILES string of the molecule is COc1ccc(N(C(C)C(=O)NCCCc2ccc(C)cc2)S(C)(=O)=O)cc1OC. The van der Waals surface area contributed by atoms with Gasteiger partial charge in [0.15, 0.2) is 11.5 Å². The zero-order chi connectivity index (χ0) is 22.3. The molecule has 0 aromatic heterocycles. The number of nitrogens with one attached hydrogen (secondary N) is 1. The van der Waals surface area contributed by atoms with E-state index in [-0.39, 0.29) is 5.91 Å². The number of aryl methyl sites for hydroxylation is 2. The highest BCUT2D eigenvalue weighted by Crippen LogP contribution is 2.33. The van der Waals surface area contributed by atoms with Crippen LogP contribution in [0, 0.1) is 6.92 Å². The standard InChI is InChI=1S/C22H30N2O5S/c1-16-8-10-18(11-9-16)7-6-14-23-22(25)17(2)24(30(5,26)27)19-12-13-20(28-3)21(15-19)29-4/h8-13,15,17H,6-7,14H2,1-5H3,(H,23,25). The minimum absolute atomic E-state index is 0.331. The molecule has 0 radical (unpaired) electrons. The lowest BCUT2D eigenvalue weighted by Gasteiger charge is -2.28. The maximum absolute atomic E-state index is 12.7. The van der Waals surface area contributed by atoms with Crippen LogP contribution in [-0.2, 0) is 21.2 Å². The Morgan fingerprint density at radius 2 is 1.70 bits per heavy atom. The Kier molecular flexibility index (Phi) is 8.11. The quantitative estimate of drug-likeness (QED) is 0.581. The summed E-state index contributed by atoms with van der Waals surface area (Å²) in [4.78, 5) is 12.7. The van der Waals surface area contributed by atoms with Gasteiger partial charge in [0.25, 0.3) is 0 Å². The Bertz CT molecular complexity index is 958. The Labute approximate surface area is 179 Å². The molecular formula is C22H30N2O5S. The van der Waals surface area contributed by atoms with Crippen LogP contribution >= 0.6 is 0 Å². The Morgan fingerprint density at radius 1 is 1.07 bits per heavy atom. The molecule has 1 unspecified atom stereocenters. The van der Waals surface area contributed by atoms with E-state index in [0.29, 0.717) is 23.7 Å². The highest BCUT2D eigenvalue weighted by molar-refractivity contribution is 7.92. The molecule has 2 aromatic carbocycles. The molecule has 0 spiro atoms. The third kappa shape index (κ3) is 6.13. The molecule has 0 fully saturated rings. The van der Waals surface area contributed by atoms with Crippen molar-refractivity contribution in [2.75, 3.05) is 31.3 Å². The molecule has 0 aliphatic rings. The minimum Gasteiger partial charge on any atom is -0.493 e. The van der Waals surface area contributed by atoms with Gasteiger partial charge in [-0.3, -0.25) is 9.10 Å². The van der Waals surface area contributed by atoms with Crippen molar-refractivity contribution in [3.8, 4) is 11.5 Å². The average Bonchev–Trinajstić information content (AvgIpc) is 2.71. The van der Waals surface area contributed by atoms with Crippen molar-refractivity contribution in [1.29, 1.82) is 0 Å². The van der Waals surface area contributed by atoms with Gasteiger partial charge in [-0.05, 0) is 44.4 Å². The van der Waals surface area contributed by atoms with Gasteiger partial charge in [0.1, 0.15) is 6.04 Å². The summed E-state index contributed by atoms with van der Waals surface area (Å²) in [7, 11) is -0.741. The Hall–Kier alpha value is -2.74. The number of amides is 1. The van der Waals surface area contributed by atoms with Crippen molar-refractivity contribution in [3.05, 3.63) is 53.6 Å². The van der Waals surface area contributed by atoms with E-state index in [1.54, 1.807) is 25.1 Å². The summed E-state index contributed by atoms with van der Waals surface area (Å²) in [5.74, 6) is 0.497. The summed E-state index contributed by atoms with van der Waals surface area (Å²) in [6.45, 7) is 4.06. The first-order chi connectivity index (χ1) is 14.2. The summed E-state index contributed by atoms with van der Waals surface area (Å²) in [5.41, 5.74) is 2.74. The Balaban J connectivity index is 2.06. The number of anilines is 1. The van der Waals surface area contributed by atoms with Gasteiger partial charge in [0.2, 0.25) is 15.9 Å². The Morgan fingerprint density at radius 3 is 2.27 bits per heavy atom. The molecule has 1 N–H and O–H groups in total. The van der Waals surface area contributed by atoms with Gasteiger partial charge in [-0.1, -0.05) is 29.8 Å². The first-order valence-corrected chi connectivity index (χ1v) is 11.6. The molecule has 7 nitrogen and oxygen atoms in total. The van der Waals surface area contributed by atoms with E-state index < -0.39 is 16.1 Å². The molecule has 30 heavy (non-hydrogen) atoms. The molecule has 0 aliphatic heterocycles. The normalized spacial score (nSPS) is 12.2. The van der Waals surface area contributed by atoms with Crippen molar-refractivity contribution in [1.82, 2.24) is 5.32 Å². The van der Waals surface area contributed by atoms with Gasteiger partial charge >= 0.3 is 0 Å². The maximum Gasteiger partial charge on any atom is 0.243 e. The van der Waals surface area contributed by atoms with Gasteiger partial charge in [0, 0.05) is 12.6 Å². The molecule has 0 saturated heterocycles. The van der Waals surface area contributed by atoms with Crippen LogP contribution in [-0.4, -0.2) is 47.4 Å². The molecule has 0 heterocycles. The van der Waals surface area contributed by atoms with Crippen LogP contribution in [0.3, 0.4) is 0 Å². The first kappa shape index (κ1) is 23.5. The second-order valence-corrected chi connectivity index (χ2v) is 9.01. The molecule has 2 aromatic rings. The topological polar surface area (TPSA) is 84.9 Å². The van der Waals surface area contributed by atoms with Crippen molar-refractivity contribution < 1.29 is 22.7 Å². The van der Waals surface area contributed by atoms with Crippen LogP contribution in [0.1, 0.15) is 24.5 Å². The molecule has 8 heteroatoms. The van der Waals surface area contributed by atoms with Crippen molar-refractivity contribution >= 4 is 21.6 Å². The number of sulfonamides is 1. The van der Waals surface area contributed by atoms with Gasteiger partial charge in [-0.15, -0.1) is 0 Å². The molecule has 1 amide bonds. The molecule has 0 aliphatic carbocycles. The fourth-order valence-electron chi connectivity index (χ4n) is 3.18. The molecule has 1 atom stereocenters. The summed E-state index contributed by atoms with van der Waals surface area (Å²) in [5, 5.41) is 2.84. The highest BCUT2D eigenvalue weighted by atomic mass is 32.2. The molecule has 0 saturated carbocycles.